The van der Waals surface area contributed by atoms with Gasteiger partial charge in [0.2, 0.25) is 0 Å². The first-order valence-electron chi connectivity index (χ1n) is 6.96. The van der Waals surface area contributed by atoms with Crippen LogP contribution in [-0.4, -0.2) is 12.2 Å². The van der Waals surface area contributed by atoms with Crippen molar-refractivity contribution in [2.45, 2.75) is 32.8 Å². The summed E-state index contributed by atoms with van der Waals surface area (Å²) in [4.78, 5) is 0. The molecule has 0 fully saturated rings. The number of ether oxygens (including phenoxy) is 1. The molecule has 2 aromatic rings. The molecule has 0 aliphatic heterocycles. The molecule has 0 bridgehead atoms. The third-order valence-corrected chi connectivity index (χ3v) is 4.53. The number of methoxy groups -OCH3 is 1. The number of benzene rings is 2. The van der Waals surface area contributed by atoms with Crippen LogP contribution in [0, 0.1) is 13.8 Å². The van der Waals surface area contributed by atoms with Crippen molar-refractivity contribution in [1.82, 2.24) is 0 Å². The van der Waals surface area contributed by atoms with Crippen molar-refractivity contribution >= 4 is 15.9 Å². The highest BCUT2D eigenvalue weighted by molar-refractivity contribution is 9.10. The molecule has 1 atom stereocenters. The molecular weight excluding hydrogens is 328 g/mol. The van der Waals surface area contributed by atoms with Gasteiger partial charge in [-0.1, -0.05) is 39.7 Å². The van der Waals surface area contributed by atoms with E-state index in [0.29, 0.717) is 6.42 Å². The van der Waals surface area contributed by atoms with Gasteiger partial charge < -0.3 is 9.84 Å². The van der Waals surface area contributed by atoms with E-state index < -0.39 is 5.60 Å². The van der Waals surface area contributed by atoms with Crippen LogP contribution in [0.15, 0.2) is 40.9 Å². The SMILES string of the molecule is COc1ccc(Br)c(CC(C)(O)c2cc(C)ccc2C)c1. The second kappa shape index (κ2) is 6.20. The molecule has 1 unspecified atom stereocenters. The summed E-state index contributed by atoms with van der Waals surface area (Å²) in [5, 5.41) is 11.0. The largest absolute Gasteiger partial charge is 0.497 e. The summed E-state index contributed by atoms with van der Waals surface area (Å²) in [6, 6.07) is 12.0. The summed E-state index contributed by atoms with van der Waals surface area (Å²) in [6.07, 6.45) is 0.523. The number of hydrogen-bond acceptors (Lipinski definition) is 2. The van der Waals surface area contributed by atoms with Gasteiger partial charge in [-0.2, -0.15) is 0 Å². The Morgan fingerprint density at radius 2 is 1.86 bits per heavy atom. The number of hydrogen-bond donors (Lipinski definition) is 1. The predicted octanol–water partition coefficient (Wildman–Crippen LogP) is 4.52. The molecule has 0 amide bonds. The van der Waals surface area contributed by atoms with Gasteiger partial charge in [-0.25, -0.2) is 0 Å². The Morgan fingerprint density at radius 1 is 1.14 bits per heavy atom. The molecular formula is C18H21BrO2. The zero-order chi connectivity index (χ0) is 15.6. The van der Waals surface area contributed by atoms with Crippen LogP contribution in [0.2, 0.25) is 0 Å². The molecule has 0 aromatic heterocycles. The van der Waals surface area contributed by atoms with Crippen LogP contribution in [0.3, 0.4) is 0 Å². The highest BCUT2D eigenvalue weighted by atomic mass is 79.9. The fourth-order valence-corrected chi connectivity index (χ4v) is 2.98. The molecule has 2 aromatic carbocycles. The summed E-state index contributed by atoms with van der Waals surface area (Å²) in [5.41, 5.74) is 3.33. The second-order valence-corrected chi connectivity index (χ2v) is 6.58. The van der Waals surface area contributed by atoms with Gasteiger partial charge in [0.25, 0.3) is 0 Å². The topological polar surface area (TPSA) is 29.5 Å². The Morgan fingerprint density at radius 3 is 2.52 bits per heavy atom. The second-order valence-electron chi connectivity index (χ2n) is 5.73. The first-order valence-corrected chi connectivity index (χ1v) is 7.75. The third kappa shape index (κ3) is 3.66. The highest BCUT2D eigenvalue weighted by Gasteiger charge is 2.26. The minimum Gasteiger partial charge on any atom is -0.497 e. The predicted molar refractivity (Wildman–Crippen MR) is 89.9 cm³/mol. The van der Waals surface area contributed by atoms with E-state index >= 15 is 0 Å². The fourth-order valence-electron chi connectivity index (χ4n) is 2.60. The van der Waals surface area contributed by atoms with Gasteiger partial charge in [0.05, 0.1) is 12.7 Å². The van der Waals surface area contributed by atoms with E-state index in [1.54, 1.807) is 7.11 Å². The minimum atomic E-state index is -0.926. The standard InChI is InChI=1S/C18H21BrO2/c1-12-5-6-13(2)16(9-12)18(3,20)11-14-10-15(21-4)7-8-17(14)19/h5-10,20H,11H2,1-4H3. The van der Waals surface area contributed by atoms with E-state index in [9.17, 15) is 5.11 Å². The van der Waals surface area contributed by atoms with Crippen molar-refractivity contribution in [2.75, 3.05) is 7.11 Å². The van der Waals surface area contributed by atoms with Gasteiger partial charge >= 0.3 is 0 Å². The quantitative estimate of drug-likeness (QED) is 0.879. The maximum absolute atomic E-state index is 11.0. The lowest BCUT2D eigenvalue weighted by atomic mass is 9.85. The molecule has 0 spiro atoms. The van der Waals surface area contributed by atoms with Gasteiger partial charge in [-0.05, 0) is 55.7 Å². The maximum Gasteiger partial charge on any atom is 0.119 e. The molecule has 2 rings (SSSR count). The molecule has 3 heteroatoms. The Kier molecular flexibility index (Phi) is 4.74. The van der Waals surface area contributed by atoms with Crippen LogP contribution in [0.25, 0.3) is 0 Å². The minimum absolute atomic E-state index is 0.523. The van der Waals surface area contributed by atoms with Crippen molar-refractivity contribution in [3.8, 4) is 5.75 Å². The van der Waals surface area contributed by atoms with E-state index in [1.165, 1.54) is 0 Å². The Hall–Kier alpha value is -1.32. The number of rotatable bonds is 4. The summed E-state index contributed by atoms with van der Waals surface area (Å²) in [7, 11) is 1.65. The van der Waals surface area contributed by atoms with Crippen molar-refractivity contribution < 1.29 is 9.84 Å². The van der Waals surface area contributed by atoms with Gasteiger partial charge in [0.15, 0.2) is 0 Å². The monoisotopic (exact) mass is 348 g/mol. The summed E-state index contributed by atoms with van der Waals surface area (Å²) >= 11 is 3.55. The summed E-state index contributed by atoms with van der Waals surface area (Å²) in [6.45, 7) is 5.94. The van der Waals surface area contributed by atoms with Gasteiger partial charge in [0.1, 0.15) is 5.75 Å². The third-order valence-electron chi connectivity index (χ3n) is 3.76. The van der Waals surface area contributed by atoms with Crippen LogP contribution in [0.1, 0.15) is 29.2 Å². The molecule has 0 saturated carbocycles. The zero-order valence-electron chi connectivity index (χ0n) is 12.9. The van der Waals surface area contributed by atoms with E-state index in [4.69, 9.17) is 4.74 Å². The lowest BCUT2D eigenvalue weighted by molar-refractivity contribution is 0.0567. The first-order chi connectivity index (χ1) is 9.83. The molecule has 0 heterocycles. The molecule has 2 nitrogen and oxygen atoms in total. The van der Waals surface area contributed by atoms with E-state index in [2.05, 4.69) is 34.1 Å². The van der Waals surface area contributed by atoms with Crippen LogP contribution < -0.4 is 4.74 Å². The molecule has 0 aliphatic rings. The van der Waals surface area contributed by atoms with Gasteiger partial charge in [0, 0.05) is 10.9 Å². The number of aliphatic hydroxyl groups is 1. The normalized spacial score (nSPS) is 13.8. The lowest BCUT2D eigenvalue weighted by Gasteiger charge is -2.27. The Labute approximate surface area is 134 Å². The zero-order valence-corrected chi connectivity index (χ0v) is 14.5. The van der Waals surface area contributed by atoms with Gasteiger partial charge in [-0.3, -0.25) is 0 Å². The fraction of sp³-hybridized carbons (Fsp3) is 0.333. The smallest absolute Gasteiger partial charge is 0.119 e. The molecule has 1 N–H and O–H groups in total. The highest BCUT2D eigenvalue weighted by Crippen LogP contribution is 2.32. The Bertz CT molecular complexity index is 648. The van der Waals surface area contributed by atoms with Crippen molar-refractivity contribution in [1.29, 1.82) is 0 Å². The van der Waals surface area contributed by atoms with Crippen molar-refractivity contribution in [3.63, 3.8) is 0 Å². The van der Waals surface area contributed by atoms with Crippen molar-refractivity contribution in [2.24, 2.45) is 0 Å². The number of aryl methyl sites for hydroxylation is 2. The molecule has 112 valence electrons. The van der Waals surface area contributed by atoms with E-state index in [-0.39, 0.29) is 0 Å². The molecule has 0 radical (unpaired) electrons. The summed E-state index contributed by atoms with van der Waals surface area (Å²) in [5.74, 6) is 0.796. The molecule has 0 aliphatic carbocycles. The maximum atomic E-state index is 11.0. The van der Waals surface area contributed by atoms with Crippen molar-refractivity contribution in [3.05, 3.63) is 63.1 Å². The average Bonchev–Trinajstić information content (AvgIpc) is 2.43. The van der Waals surface area contributed by atoms with Gasteiger partial charge in [-0.15, -0.1) is 0 Å². The molecule has 21 heavy (non-hydrogen) atoms. The lowest BCUT2D eigenvalue weighted by Crippen LogP contribution is -2.25. The van der Waals surface area contributed by atoms with E-state index in [1.807, 2.05) is 39.0 Å². The first kappa shape index (κ1) is 16.1. The van der Waals surface area contributed by atoms with Crippen LogP contribution >= 0.6 is 15.9 Å². The average molecular weight is 349 g/mol. The van der Waals surface area contributed by atoms with E-state index in [0.717, 1.165) is 32.5 Å². The Balaban J connectivity index is 2.39. The number of halogens is 1. The summed E-state index contributed by atoms with van der Waals surface area (Å²) < 4.78 is 6.25. The molecule has 0 saturated heterocycles. The van der Waals surface area contributed by atoms with Crippen LogP contribution in [0.4, 0.5) is 0 Å². The van der Waals surface area contributed by atoms with Crippen LogP contribution in [-0.2, 0) is 12.0 Å². The van der Waals surface area contributed by atoms with Crippen LogP contribution in [0.5, 0.6) is 5.75 Å².